The molecule has 0 spiro atoms. The maximum atomic E-state index is 11.9. The van der Waals surface area contributed by atoms with Gasteiger partial charge in [-0.1, -0.05) is 18.2 Å². The van der Waals surface area contributed by atoms with E-state index in [9.17, 15) is 8.42 Å². The Morgan fingerprint density at radius 1 is 1.41 bits per heavy atom. The van der Waals surface area contributed by atoms with Crippen molar-refractivity contribution < 1.29 is 13.2 Å². The van der Waals surface area contributed by atoms with Gasteiger partial charge < -0.3 is 4.74 Å². The Morgan fingerprint density at radius 2 is 2.12 bits per heavy atom. The lowest BCUT2D eigenvalue weighted by molar-refractivity contribution is 0.221. The number of para-hydroxylation sites is 1. The summed E-state index contributed by atoms with van der Waals surface area (Å²) in [6.45, 7) is 2.22. The fraction of sp³-hybridized carbons (Fsp3) is 0.500. The lowest BCUT2D eigenvalue weighted by Gasteiger charge is -2.32. The molecule has 0 saturated carbocycles. The van der Waals surface area contributed by atoms with E-state index in [-0.39, 0.29) is 11.8 Å². The Balaban J connectivity index is 2.36. The number of ether oxygens (including phenoxy) is 1. The quantitative estimate of drug-likeness (QED) is 0.827. The van der Waals surface area contributed by atoms with Crippen LogP contribution >= 0.6 is 0 Å². The molecule has 2 rings (SSSR count). The van der Waals surface area contributed by atoms with Gasteiger partial charge in [0, 0.05) is 19.0 Å². The van der Waals surface area contributed by atoms with Crippen molar-refractivity contribution in [3.63, 3.8) is 0 Å². The molecule has 17 heavy (non-hydrogen) atoms. The number of hydrogen-bond acceptors (Lipinski definition) is 3. The van der Waals surface area contributed by atoms with Crippen LogP contribution in [-0.2, 0) is 10.0 Å². The van der Waals surface area contributed by atoms with Crippen LogP contribution in [0.5, 0.6) is 5.75 Å². The van der Waals surface area contributed by atoms with Crippen LogP contribution in [0.15, 0.2) is 24.3 Å². The zero-order chi connectivity index (χ0) is 12.5. The zero-order valence-corrected chi connectivity index (χ0v) is 10.9. The Kier molecular flexibility index (Phi) is 3.40. The Bertz CT molecular complexity index is 498. The molecular weight excluding hydrogens is 238 g/mol. The summed E-state index contributed by atoms with van der Waals surface area (Å²) in [5, 5.41) is 0. The van der Waals surface area contributed by atoms with Gasteiger partial charge in [0.2, 0.25) is 10.0 Å². The predicted octanol–water partition coefficient (Wildman–Crippen LogP) is 1.79. The monoisotopic (exact) mass is 255 g/mol. The van der Waals surface area contributed by atoms with Crippen LogP contribution in [-0.4, -0.2) is 32.1 Å². The van der Waals surface area contributed by atoms with Gasteiger partial charge in [-0.3, -0.25) is 0 Å². The molecule has 0 saturated heterocycles. The van der Waals surface area contributed by atoms with Crippen LogP contribution in [0.4, 0.5) is 0 Å². The first kappa shape index (κ1) is 12.4. The van der Waals surface area contributed by atoms with E-state index in [1.54, 1.807) is 14.0 Å². The molecule has 1 unspecified atom stereocenters. The van der Waals surface area contributed by atoms with Gasteiger partial charge in [0.25, 0.3) is 0 Å². The maximum Gasteiger partial charge on any atom is 0.214 e. The van der Waals surface area contributed by atoms with Crippen LogP contribution in [0.25, 0.3) is 0 Å². The maximum absolute atomic E-state index is 11.9. The second-order valence-electron chi connectivity index (χ2n) is 4.11. The predicted molar refractivity (Wildman–Crippen MR) is 66.5 cm³/mol. The second kappa shape index (κ2) is 4.66. The number of rotatable bonds is 3. The van der Waals surface area contributed by atoms with Crippen molar-refractivity contribution in [1.29, 1.82) is 0 Å². The molecule has 0 amide bonds. The molecule has 1 aliphatic rings. The van der Waals surface area contributed by atoms with Crippen LogP contribution in [0, 0.1) is 0 Å². The molecule has 0 fully saturated rings. The zero-order valence-electron chi connectivity index (χ0n) is 10.1. The fourth-order valence-electron chi connectivity index (χ4n) is 2.10. The van der Waals surface area contributed by atoms with Crippen molar-refractivity contribution in [2.45, 2.75) is 19.4 Å². The average molecular weight is 255 g/mol. The number of sulfonamides is 1. The van der Waals surface area contributed by atoms with E-state index >= 15 is 0 Å². The summed E-state index contributed by atoms with van der Waals surface area (Å²) in [5.74, 6) is 0.921. The highest BCUT2D eigenvalue weighted by Gasteiger charge is 2.30. The minimum atomic E-state index is -3.16. The molecule has 0 aromatic heterocycles. The lowest BCUT2D eigenvalue weighted by atomic mass is 10.0. The Labute approximate surface area is 102 Å². The third kappa shape index (κ3) is 2.30. The molecule has 94 valence electrons. The number of fused-ring (bicyclic) bond motifs is 1. The number of nitrogens with zero attached hydrogens (tertiary/aromatic N) is 1. The average Bonchev–Trinajstić information content (AvgIpc) is 2.37. The van der Waals surface area contributed by atoms with E-state index in [0.717, 1.165) is 11.3 Å². The highest BCUT2D eigenvalue weighted by Crippen LogP contribution is 2.36. The van der Waals surface area contributed by atoms with Gasteiger partial charge in [0.15, 0.2) is 0 Å². The summed E-state index contributed by atoms with van der Waals surface area (Å²) in [7, 11) is -1.52. The smallest absolute Gasteiger partial charge is 0.214 e. The van der Waals surface area contributed by atoms with E-state index in [4.69, 9.17) is 4.74 Å². The Morgan fingerprint density at radius 3 is 2.82 bits per heavy atom. The van der Waals surface area contributed by atoms with Crippen molar-refractivity contribution in [3.05, 3.63) is 29.8 Å². The van der Waals surface area contributed by atoms with Gasteiger partial charge in [0.05, 0.1) is 18.4 Å². The van der Waals surface area contributed by atoms with Gasteiger partial charge in [0.1, 0.15) is 5.75 Å². The van der Waals surface area contributed by atoms with Crippen LogP contribution in [0.1, 0.15) is 24.9 Å². The van der Waals surface area contributed by atoms with E-state index in [0.29, 0.717) is 13.0 Å². The highest BCUT2D eigenvalue weighted by atomic mass is 32.2. The van der Waals surface area contributed by atoms with Gasteiger partial charge in [-0.2, -0.15) is 4.31 Å². The SMILES string of the molecule is CCS(=O)(=O)N(C)C1CCOc2ccccc21. The van der Waals surface area contributed by atoms with Crippen molar-refractivity contribution in [3.8, 4) is 5.75 Å². The van der Waals surface area contributed by atoms with Gasteiger partial charge in [-0.25, -0.2) is 8.42 Å². The molecule has 4 nitrogen and oxygen atoms in total. The first-order valence-electron chi connectivity index (χ1n) is 5.73. The summed E-state index contributed by atoms with van der Waals surface area (Å²) in [4.78, 5) is 0. The molecule has 0 bridgehead atoms. The first-order chi connectivity index (χ1) is 8.06. The molecular formula is C12H17NO3S. The van der Waals surface area contributed by atoms with Gasteiger partial charge >= 0.3 is 0 Å². The van der Waals surface area contributed by atoms with E-state index in [2.05, 4.69) is 0 Å². The second-order valence-corrected chi connectivity index (χ2v) is 6.42. The molecule has 1 aromatic carbocycles. The van der Waals surface area contributed by atoms with Crippen molar-refractivity contribution in [1.82, 2.24) is 4.31 Å². The molecule has 0 radical (unpaired) electrons. The van der Waals surface area contributed by atoms with E-state index < -0.39 is 10.0 Å². The number of benzene rings is 1. The number of hydrogen-bond donors (Lipinski definition) is 0. The van der Waals surface area contributed by atoms with Crippen molar-refractivity contribution in [2.24, 2.45) is 0 Å². The lowest BCUT2D eigenvalue weighted by Crippen LogP contribution is -2.35. The van der Waals surface area contributed by atoms with E-state index in [1.807, 2.05) is 24.3 Å². The summed E-state index contributed by atoms with van der Waals surface area (Å²) in [6, 6.07) is 7.52. The summed E-state index contributed by atoms with van der Waals surface area (Å²) in [5.41, 5.74) is 0.957. The standard InChI is InChI=1S/C12H17NO3S/c1-3-17(14,15)13(2)11-8-9-16-12-7-5-4-6-10(11)12/h4-7,11H,3,8-9H2,1-2H3. The summed E-state index contributed by atoms with van der Waals surface area (Å²) < 4.78 is 30.8. The van der Waals surface area contributed by atoms with Crippen molar-refractivity contribution >= 4 is 10.0 Å². The molecule has 5 heteroatoms. The largest absolute Gasteiger partial charge is 0.493 e. The van der Waals surface area contributed by atoms with Crippen LogP contribution < -0.4 is 4.74 Å². The van der Waals surface area contributed by atoms with Crippen LogP contribution in [0.3, 0.4) is 0 Å². The third-order valence-corrected chi connectivity index (χ3v) is 5.03. The fourth-order valence-corrected chi connectivity index (χ4v) is 3.11. The molecule has 0 N–H and O–H groups in total. The minimum absolute atomic E-state index is 0.107. The Hall–Kier alpha value is -1.07. The van der Waals surface area contributed by atoms with Crippen molar-refractivity contribution in [2.75, 3.05) is 19.4 Å². The summed E-state index contributed by atoms with van der Waals surface area (Å²) in [6.07, 6.45) is 0.701. The summed E-state index contributed by atoms with van der Waals surface area (Å²) >= 11 is 0. The molecule has 1 atom stereocenters. The normalized spacial score (nSPS) is 19.8. The highest BCUT2D eigenvalue weighted by molar-refractivity contribution is 7.89. The van der Waals surface area contributed by atoms with Gasteiger partial charge in [-0.05, 0) is 13.0 Å². The molecule has 0 aliphatic carbocycles. The third-order valence-electron chi connectivity index (χ3n) is 3.17. The first-order valence-corrected chi connectivity index (χ1v) is 7.34. The topological polar surface area (TPSA) is 46.6 Å². The molecule has 1 aromatic rings. The van der Waals surface area contributed by atoms with Gasteiger partial charge in [-0.15, -0.1) is 0 Å². The molecule has 1 aliphatic heterocycles. The van der Waals surface area contributed by atoms with E-state index in [1.165, 1.54) is 4.31 Å². The minimum Gasteiger partial charge on any atom is -0.493 e. The van der Waals surface area contributed by atoms with Crippen LogP contribution in [0.2, 0.25) is 0 Å². The molecule has 1 heterocycles.